The summed E-state index contributed by atoms with van der Waals surface area (Å²) in [5.74, 6) is -1.50. The summed E-state index contributed by atoms with van der Waals surface area (Å²) in [4.78, 5) is 4.11. The van der Waals surface area contributed by atoms with E-state index in [0.717, 1.165) is 15.8 Å². The first-order chi connectivity index (χ1) is 7.55. The number of thiazole rings is 1. The molecule has 0 radical (unpaired) electrons. The van der Waals surface area contributed by atoms with Gasteiger partial charge in [-0.3, -0.25) is 0 Å². The fraction of sp³-hybridized carbons (Fsp3) is 0.364. The van der Waals surface area contributed by atoms with Gasteiger partial charge in [0.1, 0.15) is 0 Å². The second kappa shape index (κ2) is 3.20. The zero-order valence-corrected chi connectivity index (χ0v) is 8.98. The molecule has 0 bridgehead atoms. The molecule has 3 rings (SSSR count). The van der Waals surface area contributed by atoms with Crippen LogP contribution in [0.3, 0.4) is 0 Å². The molecule has 0 unspecified atom stereocenters. The zero-order chi connectivity index (χ0) is 11.3. The Morgan fingerprint density at radius 3 is 2.81 bits per heavy atom. The standard InChI is InChI=1S/C11H8F3NS/c12-11(13,14)8-4-7(8)6-1-2-10-9(3-6)15-5-16-10/h1-3,5,7-8H,4H2/t7-,8+/m1/s1. The van der Waals surface area contributed by atoms with Crippen LogP contribution in [0.1, 0.15) is 17.9 Å². The smallest absolute Gasteiger partial charge is 0.245 e. The summed E-state index contributed by atoms with van der Waals surface area (Å²) in [5.41, 5.74) is 3.28. The third-order valence-electron chi connectivity index (χ3n) is 2.99. The summed E-state index contributed by atoms with van der Waals surface area (Å²) < 4.78 is 38.3. The van der Waals surface area contributed by atoms with Crippen LogP contribution in [0.25, 0.3) is 10.2 Å². The fourth-order valence-electron chi connectivity index (χ4n) is 2.03. The van der Waals surface area contributed by atoms with Crippen molar-refractivity contribution in [2.24, 2.45) is 5.92 Å². The Kier molecular flexibility index (Phi) is 2.01. The van der Waals surface area contributed by atoms with E-state index in [2.05, 4.69) is 4.98 Å². The van der Waals surface area contributed by atoms with Crippen molar-refractivity contribution in [3.8, 4) is 0 Å². The minimum absolute atomic E-state index is 0.221. The molecule has 0 saturated heterocycles. The van der Waals surface area contributed by atoms with Gasteiger partial charge in [-0.1, -0.05) is 6.07 Å². The number of nitrogens with zero attached hydrogens (tertiary/aromatic N) is 1. The van der Waals surface area contributed by atoms with Crippen molar-refractivity contribution in [3.63, 3.8) is 0 Å². The predicted octanol–water partition coefficient (Wildman–Crippen LogP) is 3.96. The maximum atomic E-state index is 12.4. The molecule has 1 aromatic heterocycles. The summed E-state index contributed by atoms with van der Waals surface area (Å²) in [6.45, 7) is 0. The third-order valence-corrected chi connectivity index (χ3v) is 3.80. The number of benzene rings is 1. The second-order valence-electron chi connectivity index (χ2n) is 4.07. The molecule has 84 valence electrons. The Hall–Kier alpha value is -1.10. The minimum atomic E-state index is -4.05. The van der Waals surface area contributed by atoms with Crippen LogP contribution in [-0.4, -0.2) is 11.2 Å². The van der Waals surface area contributed by atoms with Gasteiger partial charge < -0.3 is 0 Å². The molecule has 16 heavy (non-hydrogen) atoms. The molecule has 2 atom stereocenters. The zero-order valence-electron chi connectivity index (χ0n) is 8.16. The van der Waals surface area contributed by atoms with Gasteiger partial charge >= 0.3 is 6.18 Å². The molecule has 0 aliphatic heterocycles. The molecule has 0 spiro atoms. The summed E-state index contributed by atoms with van der Waals surface area (Å²) in [6.07, 6.45) is -3.83. The van der Waals surface area contributed by atoms with E-state index in [4.69, 9.17) is 0 Å². The number of hydrogen-bond donors (Lipinski definition) is 0. The molecule has 1 fully saturated rings. The van der Waals surface area contributed by atoms with Crippen molar-refractivity contribution >= 4 is 21.6 Å². The number of halogens is 3. The van der Waals surface area contributed by atoms with E-state index in [0.29, 0.717) is 0 Å². The third kappa shape index (κ3) is 1.59. The van der Waals surface area contributed by atoms with Gasteiger partial charge in [-0.05, 0) is 30.0 Å². The van der Waals surface area contributed by atoms with Crippen molar-refractivity contribution < 1.29 is 13.2 Å². The Bertz CT molecular complexity index is 531. The number of alkyl halides is 3. The molecule has 1 heterocycles. The van der Waals surface area contributed by atoms with Crippen LogP contribution in [0.4, 0.5) is 13.2 Å². The van der Waals surface area contributed by atoms with Crippen molar-refractivity contribution in [2.75, 3.05) is 0 Å². The first-order valence-corrected chi connectivity index (χ1v) is 5.83. The van der Waals surface area contributed by atoms with Crippen molar-refractivity contribution in [3.05, 3.63) is 29.3 Å². The Morgan fingerprint density at radius 2 is 2.12 bits per heavy atom. The molecule has 5 heteroatoms. The van der Waals surface area contributed by atoms with E-state index in [1.165, 1.54) is 11.3 Å². The normalized spacial score (nSPS) is 24.9. The molecular formula is C11H8F3NS. The lowest BCUT2D eigenvalue weighted by molar-refractivity contribution is -0.148. The van der Waals surface area contributed by atoms with Crippen LogP contribution in [0.15, 0.2) is 23.7 Å². The van der Waals surface area contributed by atoms with Crippen LogP contribution >= 0.6 is 11.3 Å². The number of hydrogen-bond acceptors (Lipinski definition) is 2. The Balaban J connectivity index is 1.91. The van der Waals surface area contributed by atoms with Gasteiger partial charge in [0.15, 0.2) is 0 Å². The molecule has 1 aliphatic carbocycles. The van der Waals surface area contributed by atoms with Gasteiger partial charge in [0.05, 0.1) is 21.6 Å². The van der Waals surface area contributed by atoms with E-state index < -0.39 is 12.1 Å². The van der Waals surface area contributed by atoms with E-state index >= 15 is 0 Å². The van der Waals surface area contributed by atoms with Crippen molar-refractivity contribution in [1.29, 1.82) is 0 Å². The molecule has 0 N–H and O–H groups in total. The quantitative estimate of drug-likeness (QED) is 0.738. The Labute approximate surface area is 93.9 Å². The van der Waals surface area contributed by atoms with E-state index in [-0.39, 0.29) is 12.3 Å². The summed E-state index contributed by atoms with van der Waals surface area (Å²) >= 11 is 1.50. The first kappa shape index (κ1) is 10.1. The summed E-state index contributed by atoms with van der Waals surface area (Å²) in [7, 11) is 0. The number of aromatic nitrogens is 1. The van der Waals surface area contributed by atoms with E-state index in [1.807, 2.05) is 6.07 Å². The largest absolute Gasteiger partial charge is 0.392 e. The lowest BCUT2D eigenvalue weighted by Crippen LogP contribution is -2.11. The highest BCUT2D eigenvalue weighted by atomic mass is 32.1. The monoisotopic (exact) mass is 243 g/mol. The topological polar surface area (TPSA) is 12.9 Å². The highest BCUT2D eigenvalue weighted by molar-refractivity contribution is 7.16. The van der Waals surface area contributed by atoms with Crippen LogP contribution in [0, 0.1) is 5.92 Å². The van der Waals surface area contributed by atoms with Gasteiger partial charge in [-0.2, -0.15) is 13.2 Å². The highest BCUT2D eigenvalue weighted by Crippen LogP contribution is 2.56. The molecule has 0 amide bonds. The van der Waals surface area contributed by atoms with Crippen LogP contribution in [-0.2, 0) is 0 Å². The highest BCUT2D eigenvalue weighted by Gasteiger charge is 2.56. The average Bonchev–Trinajstić information content (AvgIpc) is 2.89. The molecule has 2 aromatic rings. The van der Waals surface area contributed by atoms with Crippen LogP contribution in [0.5, 0.6) is 0 Å². The first-order valence-electron chi connectivity index (χ1n) is 4.95. The van der Waals surface area contributed by atoms with Crippen LogP contribution < -0.4 is 0 Å². The SMILES string of the molecule is FC(F)(F)[C@H]1C[C@@H]1c1ccc2scnc2c1. The molecular weight excluding hydrogens is 235 g/mol. The predicted molar refractivity (Wildman–Crippen MR) is 56.5 cm³/mol. The minimum Gasteiger partial charge on any atom is -0.245 e. The van der Waals surface area contributed by atoms with Gasteiger partial charge in [0.2, 0.25) is 0 Å². The van der Waals surface area contributed by atoms with Crippen molar-refractivity contribution in [2.45, 2.75) is 18.5 Å². The lowest BCUT2D eigenvalue weighted by atomic mass is 10.1. The molecule has 1 saturated carbocycles. The lowest BCUT2D eigenvalue weighted by Gasteiger charge is -2.05. The molecule has 1 nitrogen and oxygen atoms in total. The number of fused-ring (bicyclic) bond motifs is 1. The van der Waals surface area contributed by atoms with Gasteiger partial charge in [-0.15, -0.1) is 11.3 Å². The van der Waals surface area contributed by atoms with Gasteiger partial charge in [0.25, 0.3) is 0 Å². The van der Waals surface area contributed by atoms with Gasteiger partial charge in [0, 0.05) is 0 Å². The van der Waals surface area contributed by atoms with Gasteiger partial charge in [-0.25, -0.2) is 4.98 Å². The maximum Gasteiger partial charge on any atom is 0.392 e. The number of rotatable bonds is 1. The van der Waals surface area contributed by atoms with Crippen LogP contribution in [0.2, 0.25) is 0 Å². The summed E-state index contributed by atoms with van der Waals surface area (Å²) in [5, 5.41) is 0. The summed E-state index contributed by atoms with van der Waals surface area (Å²) in [6, 6.07) is 5.42. The maximum absolute atomic E-state index is 12.4. The fourth-order valence-corrected chi connectivity index (χ4v) is 2.69. The van der Waals surface area contributed by atoms with E-state index in [9.17, 15) is 13.2 Å². The molecule has 1 aliphatic rings. The van der Waals surface area contributed by atoms with Crippen molar-refractivity contribution in [1.82, 2.24) is 4.98 Å². The van der Waals surface area contributed by atoms with E-state index in [1.54, 1.807) is 17.6 Å². The molecule has 1 aromatic carbocycles. The Morgan fingerprint density at radius 1 is 1.31 bits per heavy atom. The second-order valence-corrected chi connectivity index (χ2v) is 4.96. The average molecular weight is 243 g/mol.